The van der Waals surface area contributed by atoms with E-state index in [4.69, 9.17) is 11.5 Å². The second kappa shape index (κ2) is 8.50. The Balaban J connectivity index is 2.77. The molecule has 0 saturated carbocycles. The molecule has 0 aliphatic heterocycles. The molecule has 0 aromatic carbocycles. The van der Waals surface area contributed by atoms with E-state index in [0.29, 0.717) is 0 Å². The van der Waals surface area contributed by atoms with Gasteiger partial charge in [0.15, 0.2) is 0 Å². The van der Waals surface area contributed by atoms with Crippen molar-refractivity contribution < 1.29 is 0 Å². The van der Waals surface area contributed by atoms with Crippen molar-refractivity contribution >= 4 is 0 Å². The van der Waals surface area contributed by atoms with Crippen LogP contribution in [-0.4, -0.2) is 6.54 Å². The van der Waals surface area contributed by atoms with Crippen LogP contribution in [0.2, 0.25) is 0 Å². The smallest absolute Gasteiger partial charge is 0.00773 e. The molecular weight excluding hydrogens is 124 g/mol. The summed E-state index contributed by atoms with van der Waals surface area (Å²) in [5.41, 5.74) is 10.5. The molecule has 0 atom stereocenters. The molecule has 0 unspecified atom stereocenters. The van der Waals surface area contributed by atoms with Gasteiger partial charge in [0.25, 0.3) is 0 Å². The highest BCUT2D eigenvalue weighted by Crippen LogP contribution is 2.01. The Morgan fingerprint density at radius 2 is 1.70 bits per heavy atom. The van der Waals surface area contributed by atoms with Crippen LogP contribution in [0, 0.1) is 0 Å². The summed E-state index contributed by atoms with van der Waals surface area (Å²) in [4.78, 5) is 0. The Labute approximate surface area is 63.3 Å². The average Bonchev–Trinajstić information content (AvgIpc) is 1.97. The van der Waals surface area contributed by atoms with Crippen LogP contribution in [-0.2, 0) is 0 Å². The summed E-state index contributed by atoms with van der Waals surface area (Å²) in [5.74, 6) is 0. The first-order valence-corrected chi connectivity index (χ1v) is 3.98. The van der Waals surface area contributed by atoms with E-state index in [-0.39, 0.29) is 0 Å². The standard InChI is InChI=1S/C8H18N2/c9-7-5-3-1-2-4-6-8-10/h5,7H,1-4,6,8-10H2. The highest BCUT2D eigenvalue weighted by molar-refractivity contribution is 4.74. The van der Waals surface area contributed by atoms with Crippen LogP contribution in [0.25, 0.3) is 0 Å². The van der Waals surface area contributed by atoms with Crippen molar-refractivity contribution in [1.82, 2.24) is 0 Å². The molecule has 0 rings (SSSR count). The average molecular weight is 142 g/mol. The molecule has 0 aliphatic carbocycles. The zero-order chi connectivity index (χ0) is 7.66. The first-order valence-electron chi connectivity index (χ1n) is 3.98. The van der Waals surface area contributed by atoms with Gasteiger partial charge in [-0.15, -0.1) is 0 Å². The molecule has 0 saturated heterocycles. The van der Waals surface area contributed by atoms with Crippen LogP contribution in [0.3, 0.4) is 0 Å². The van der Waals surface area contributed by atoms with E-state index in [0.717, 1.165) is 19.4 Å². The fourth-order valence-electron chi connectivity index (χ4n) is 0.856. The van der Waals surface area contributed by atoms with Gasteiger partial charge < -0.3 is 11.5 Å². The summed E-state index contributed by atoms with van der Waals surface area (Å²) in [6.45, 7) is 0.826. The van der Waals surface area contributed by atoms with Crippen LogP contribution in [0.5, 0.6) is 0 Å². The fourth-order valence-corrected chi connectivity index (χ4v) is 0.856. The van der Waals surface area contributed by atoms with Crippen LogP contribution < -0.4 is 11.5 Å². The molecule has 2 nitrogen and oxygen atoms in total. The number of unbranched alkanes of at least 4 members (excludes halogenated alkanes) is 4. The van der Waals surface area contributed by atoms with E-state index in [1.54, 1.807) is 6.20 Å². The quantitative estimate of drug-likeness (QED) is 0.550. The summed E-state index contributed by atoms with van der Waals surface area (Å²) < 4.78 is 0. The minimum atomic E-state index is 0.826. The topological polar surface area (TPSA) is 52.0 Å². The van der Waals surface area contributed by atoms with Gasteiger partial charge in [-0.1, -0.05) is 18.9 Å². The molecule has 2 heteroatoms. The lowest BCUT2D eigenvalue weighted by molar-refractivity contribution is 0.652. The van der Waals surface area contributed by atoms with Gasteiger partial charge in [-0.2, -0.15) is 0 Å². The monoisotopic (exact) mass is 142 g/mol. The molecule has 60 valence electrons. The maximum Gasteiger partial charge on any atom is -0.00773 e. The van der Waals surface area contributed by atoms with Gasteiger partial charge in [-0.25, -0.2) is 0 Å². The Hall–Kier alpha value is -0.500. The summed E-state index contributed by atoms with van der Waals surface area (Å²) in [5, 5.41) is 0. The molecule has 0 fully saturated rings. The molecular formula is C8H18N2. The second-order valence-corrected chi connectivity index (χ2v) is 2.42. The van der Waals surface area contributed by atoms with Crippen LogP contribution in [0.4, 0.5) is 0 Å². The summed E-state index contributed by atoms with van der Waals surface area (Å²) >= 11 is 0. The van der Waals surface area contributed by atoms with Crippen molar-refractivity contribution in [3.8, 4) is 0 Å². The normalized spacial score (nSPS) is 10.9. The van der Waals surface area contributed by atoms with E-state index in [1.807, 2.05) is 6.08 Å². The molecule has 0 bridgehead atoms. The number of hydrogen-bond donors (Lipinski definition) is 2. The minimum absolute atomic E-state index is 0.826. The van der Waals surface area contributed by atoms with Crippen molar-refractivity contribution in [2.24, 2.45) is 11.5 Å². The number of rotatable bonds is 6. The zero-order valence-electron chi connectivity index (χ0n) is 6.55. The van der Waals surface area contributed by atoms with Gasteiger partial charge in [0, 0.05) is 0 Å². The predicted molar refractivity (Wildman–Crippen MR) is 45.5 cm³/mol. The van der Waals surface area contributed by atoms with Crippen LogP contribution in [0.1, 0.15) is 32.1 Å². The van der Waals surface area contributed by atoms with Crippen LogP contribution in [0.15, 0.2) is 12.3 Å². The first-order chi connectivity index (χ1) is 4.91. The molecule has 0 heterocycles. The highest BCUT2D eigenvalue weighted by atomic mass is 14.5. The third-order valence-corrected chi connectivity index (χ3v) is 1.46. The lowest BCUT2D eigenvalue weighted by Gasteiger charge is -1.95. The Kier molecular flexibility index (Phi) is 8.07. The van der Waals surface area contributed by atoms with Gasteiger partial charge in [-0.3, -0.25) is 0 Å². The molecule has 0 radical (unpaired) electrons. The molecule has 0 aromatic rings. The lowest BCUT2D eigenvalue weighted by atomic mass is 10.1. The number of allylic oxidation sites excluding steroid dienone is 1. The van der Waals surface area contributed by atoms with E-state index in [2.05, 4.69) is 0 Å². The molecule has 4 N–H and O–H groups in total. The number of hydrogen-bond acceptors (Lipinski definition) is 2. The van der Waals surface area contributed by atoms with Crippen LogP contribution >= 0.6 is 0 Å². The molecule has 0 amide bonds. The Morgan fingerprint density at radius 1 is 1.00 bits per heavy atom. The summed E-state index contributed by atoms with van der Waals surface area (Å²) in [6.07, 6.45) is 9.67. The van der Waals surface area contributed by atoms with E-state index in [9.17, 15) is 0 Å². The maximum atomic E-state index is 5.34. The van der Waals surface area contributed by atoms with Crippen molar-refractivity contribution in [2.75, 3.05) is 6.54 Å². The second-order valence-electron chi connectivity index (χ2n) is 2.42. The zero-order valence-corrected chi connectivity index (χ0v) is 6.55. The lowest BCUT2D eigenvalue weighted by Crippen LogP contribution is -1.97. The third kappa shape index (κ3) is 7.50. The number of nitrogens with two attached hydrogens (primary N) is 2. The molecule has 0 spiro atoms. The third-order valence-electron chi connectivity index (χ3n) is 1.46. The van der Waals surface area contributed by atoms with Crippen molar-refractivity contribution in [1.29, 1.82) is 0 Å². The largest absolute Gasteiger partial charge is 0.405 e. The van der Waals surface area contributed by atoms with Gasteiger partial charge in [-0.05, 0) is 32.0 Å². The highest BCUT2D eigenvalue weighted by Gasteiger charge is 1.85. The Bertz CT molecular complexity index is 79.3. The maximum absolute atomic E-state index is 5.34. The predicted octanol–water partition coefficient (Wildman–Crippen LogP) is 1.37. The van der Waals surface area contributed by atoms with Crippen molar-refractivity contribution in [3.05, 3.63) is 12.3 Å². The van der Waals surface area contributed by atoms with Gasteiger partial charge in [0.05, 0.1) is 0 Å². The summed E-state index contributed by atoms with van der Waals surface area (Å²) in [6, 6.07) is 0. The molecule has 0 aliphatic rings. The van der Waals surface area contributed by atoms with E-state index in [1.165, 1.54) is 19.3 Å². The van der Waals surface area contributed by atoms with Gasteiger partial charge >= 0.3 is 0 Å². The van der Waals surface area contributed by atoms with Gasteiger partial charge in [0.1, 0.15) is 0 Å². The molecule has 0 aromatic heterocycles. The van der Waals surface area contributed by atoms with Gasteiger partial charge in [0.2, 0.25) is 0 Å². The van der Waals surface area contributed by atoms with E-state index < -0.39 is 0 Å². The molecule has 10 heavy (non-hydrogen) atoms. The minimum Gasteiger partial charge on any atom is -0.405 e. The Morgan fingerprint density at radius 3 is 2.30 bits per heavy atom. The van der Waals surface area contributed by atoms with Crippen molar-refractivity contribution in [3.63, 3.8) is 0 Å². The first kappa shape index (κ1) is 9.50. The fraction of sp³-hybridized carbons (Fsp3) is 0.750. The van der Waals surface area contributed by atoms with E-state index >= 15 is 0 Å². The van der Waals surface area contributed by atoms with Crippen molar-refractivity contribution in [2.45, 2.75) is 32.1 Å². The summed E-state index contributed by atoms with van der Waals surface area (Å²) in [7, 11) is 0. The SMILES string of the molecule is NC=CCCCCCCN.